The number of benzene rings is 2. The van der Waals surface area contributed by atoms with E-state index in [1.54, 1.807) is 12.1 Å². The summed E-state index contributed by atoms with van der Waals surface area (Å²) < 4.78 is 11.7. The number of nitrogens with two attached hydrogens (primary N) is 3. The van der Waals surface area contributed by atoms with E-state index in [0.717, 1.165) is 27.2 Å². The van der Waals surface area contributed by atoms with Crippen molar-refractivity contribution in [3.8, 4) is 0 Å². The van der Waals surface area contributed by atoms with Crippen LogP contribution in [0.3, 0.4) is 0 Å². The Labute approximate surface area is 529 Å². The molecule has 0 spiro atoms. The van der Waals surface area contributed by atoms with Crippen molar-refractivity contribution in [1.29, 1.82) is 0 Å². The number of aliphatic carboxylic acids is 3. The number of anilines is 2. The predicted molar refractivity (Wildman–Crippen MR) is 336 cm³/mol. The van der Waals surface area contributed by atoms with Crippen molar-refractivity contribution in [3.63, 3.8) is 0 Å². The first-order valence-corrected chi connectivity index (χ1v) is 31.2. The molecule has 0 saturated carbocycles. The molecule has 30 nitrogen and oxygen atoms in total. The number of amides is 4. The fraction of sp³-hybridized carbons (Fsp3) is 0.431. The zero-order chi connectivity index (χ0) is 66.7. The summed E-state index contributed by atoms with van der Waals surface area (Å²) in [5.41, 5.74) is 18.2. The number of carbonyl (C=O) groups excluding carboxylic acids is 7. The van der Waals surface area contributed by atoms with E-state index >= 15 is 0 Å². The van der Waals surface area contributed by atoms with Crippen LogP contribution in [0.2, 0.25) is 0 Å². The average Bonchev–Trinajstić information content (AvgIpc) is 1.03. The second kappa shape index (κ2) is 36.2. The van der Waals surface area contributed by atoms with Crippen molar-refractivity contribution >= 4 is 116 Å². The van der Waals surface area contributed by atoms with Crippen LogP contribution in [0.15, 0.2) is 83.0 Å². The fourth-order valence-corrected chi connectivity index (χ4v) is 11.1. The van der Waals surface area contributed by atoms with E-state index in [9.17, 15) is 72.8 Å². The molecule has 0 aliphatic rings. The first-order valence-electron chi connectivity index (χ1n) is 28.7. The number of carboxylic acid groups (broad SMARTS) is 3. The van der Waals surface area contributed by atoms with E-state index in [2.05, 4.69) is 61.5 Å². The van der Waals surface area contributed by atoms with Crippen molar-refractivity contribution in [1.82, 2.24) is 51.2 Å². The molecular weight excluding hydrogens is 1220 g/mol. The van der Waals surface area contributed by atoms with Crippen LogP contribution in [0.5, 0.6) is 0 Å². The molecule has 4 amide bonds. The van der Waals surface area contributed by atoms with Gasteiger partial charge in [-0.2, -0.15) is 4.98 Å². The van der Waals surface area contributed by atoms with Gasteiger partial charge < -0.3 is 53.8 Å². The Morgan fingerprint density at radius 3 is 2.03 bits per heavy atom. The number of hydrogen-bond donors (Lipinski definition) is 12. The van der Waals surface area contributed by atoms with Crippen LogP contribution in [-0.4, -0.2) is 154 Å². The normalized spacial score (nSPS) is 13.4. The van der Waals surface area contributed by atoms with Crippen molar-refractivity contribution in [2.75, 3.05) is 23.3 Å². The summed E-state index contributed by atoms with van der Waals surface area (Å²) in [5, 5.41) is 42.8. The summed E-state index contributed by atoms with van der Waals surface area (Å²) in [6.45, 7) is 5.34. The van der Waals surface area contributed by atoms with E-state index < -0.39 is 126 Å². The van der Waals surface area contributed by atoms with Gasteiger partial charge in [-0.25, -0.2) is 19.6 Å². The van der Waals surface area contributed by atoms with Gasteiger partial charge in [-0.15, -0.1) is 0 Å². The Bertz CT molecular complexity index is 3490. The monoisotopic (exact) mass is 1290 g/mol. The van der Waals surface area contributed by atoms with Crippen LogP contribution in [0.25, 0.3) is 11.2 Å². The minimum atomic E-state index is -1.62. The molecule has 0 bridgehead atoms. The first kappa shape index (κ1) is 72.2. The van der Waals surface area contributed by atoms with E-state index in [1.807, 2.05) is 44.2 Å². The number of carbonyl (C=O) groups is 10. The maximum absolute atomic E-state index is 13.9. The molecule has 0 radical (unpaired) electrons. The summed E-state index contributed by atoms with van der Waals surface area (Å²) >= 11 is 0. The molecule has 3 aromatic heterocycles. The van der Waals surface area contributed by atoms with Gasteiger partial charge in [0.15, 0.2) is 22.9 Å². The molecule has 5 aromatic rings. The number of ketones is 3. The average molecular weight is 1290 g/mol. The van der Waals surface area contributed by atoms with E-state index in [1.165, 1.54) is 37.6 Å². The third kappa shape index (κ3) is 24.8. The van der Waals surface area contributed by atoms with E-state index in [0.29, 0.717) is 30.6 Å². The number of H-pyrrole nitrogens is 1. The molecule has 0 aliphatic heterocycles. The number of rotatable bonds is 40. The second-order valence-electron chi connectivity index (χ2n) is 21.7. The van der Waals surface area contributed by atoms with Gasteiger partial charge in [0.2, 0.25) is 17.8 Å². The van der Waals surface area contributed by atoms with E-state index in [-0.39, 0.29) is 103 Å². The number of carboxylic acids is 3. The number of fused-ring (bicyclic) bond motifs is 1. The van der Waals surface area contributed by atoms with Crippen LogP contribution >= 0.6 is 21.6 Å². The zero-order valence-electron chi connectivity index (χ0n) is 50.0. The molecule has 7 atom stereocenters. The summed E-state index contributed by atoms with van der Waals surface area (Å²) in [6.07, 6.45) is 1.58. The van der Waals surface area contributed by atoms with Crippen LogP contribution in [0.4, 0.5) is 11.6 Å². The summed E-state index contributed by atoms with van der Waals surface area (Å²) in [6, 6.07) is 10.6. The standard InChI is InChI=1S/C58H72BN15O15S2/c1-30(2)18-46(59-89)72-53(83)34(20-32-8-5-4-6-9-32)21-45(77)42-27-65-38(26-66-42)28-90-91-29-43(56(87)88)71-52(82)35(23-47(78)79)22-44(76)40(10-7-17-63-57(60)61)69-50(80)31(3)19-39(75)15-16-41(55(85)86)70-51(81)33-11-13-36(14-12-33)64-24-37-25-67-49-48(68-37)54(84)74-58(62)73-49/h4-6,8-9,11-14,25-27,30-31,34-35,40-41,43,46,64H,7,10,15-24,28-29H2,1-3H3,(H,69,80)(H,70,81)(H,71,82)(H,72,83)(H,78,79)(H,85,86)(H,87,88)(H4,60,61,63)(H3,62,67,73,74,84)/t31-,34-,35+,40+,41+,43+,46+/m1/s1. The molecule has 0 fully saturated rings. The number of guanidine groups is 1. The summed E-state index contributed by atoms with van der Waals surface area (Å²) in [7, 11) is 2.82. The molecule has 0 saturated heterocycles. The molecule has 0 unspecified atom stereocenters. The predicted octanol–water partition coefficient (Wildman–Crippen LogP) is 1.97. The Balaban J connectivity index is 1.11. The quantitative estimate of drug-likeness (QED) is 0.00666. The number of aliphatic imine (C=N–C) groups is 1. The summed E-state index contributed by atoms with van der Waals surface area (Å²) in [5.74, 6) is -13.9. The molecule has 15 N–H and O–H groups in total. The molecule has 3 heterocycles. The van der Waals surface area contributed by atoms with Crippen molar-refractivity contribution < 1.29 is 68.0 Å². The zero-order valence-corrected chi connectivity index (χ0v) is 51.6. The van der Waals surface area contributed by atoms with Gasteiger partial charge in [-0.05, 0) is 43.5 Å². The minimum absolute atomic E-state index is 0.00312. The molecule has 91 heavy (non-hydrogen) atoms. The van der Waals surface area contributed by atoms with Crippen molar-refractivity contribution in [2.45, 2.75) is 121 Å². The third-order valence-electron chi connectivity index (χ3n) is 13.8. The Morgan fingerprint density at radius 2 is 1.40 bits per heavy atom. The van der Waals surface area contributed by atoms with Gasteiger partial charge in [0, 0.05) is 48.7 Å². The van der Waals surface area contributed by atoms with Gasteiger partial charge in [0.1, 0.15) is 17.9 Å². The number of nitrogens with zero attached hydrogens (tertiary/aromatic N) is 6. The molecular formula is C58H72BN15O15S2. The molecule has 33 heteroatoms. The van der Waals surface area contributed by atoms with Crippen molar-refractivity contribution in [2.24, 2.45) is 40.1 Å². The number of Topliss-reactive ketones (excluding diaryl/α,β-unsaturated/α-hetero) is 3. The van der Waals surface area contributed by atoms with Crippen LogP contribution in [0.1, 0.15) is 116 Å². The second-order valence-corrected chi connectivity index (χ2v) is 24.2. The van der Waals surface area contributed by atoms with Crippen molar-refractivity contribution in [3.05, 3.63) is 112 Å². The van der Waals surface area contributed by atoms with Gasteiger partial charge in [0.25, 0.3) is 11.5 Å². The van der Waals surface area contributed by atoms with Crippen LogP contribution in [0, 0.1) is 23.7 Å². The Hall–Kier alpha value is -9.53. The van der Waals surface area contributed by atoms with Gasteiger partial charge in [-0.1, -0.05) is 17.7 Å². The third-order valence-corrected chi connectivity index (χ3v) is 16.1. The number of aromatic amines is 1. The molecule has 0 aliphatic carbocycles. The molecule has 2 aromatic carbocycles. The number of hydrogen-bond acceptors (Lipinski definition) is 22. The fourth-order valence-electron chi connectivity index (χ4n) is 9.01. The molecule has 5 rings (SSSR count). The number of nitrogen functional groups attached to an aromatic ring is 1. The number of aromatic nitrogens is 6. The van der Waals surface area contributed by atoms with Gasteiger partial charge in [-0.3, -0.25) is 43.5 Å². The molecule has 484 valence electrons. The topological polar surface area (TPSA) is 496 Å². The Kier molecular flexibility index (Phi) is 28.7. The van der Waals surface area contributed by atoms with Gasteiger partial charge >= 0.3 is 193 Å². The maximum atomic E-state index is 13.9. The first-order chi connectivity index (χ1) is 43.3. The number of nitrogens with one attached hydrogen (secondary N) is 6. The van der Waals surface area contributed by atoms with Gasteiger partial charge in [0.05, 0.1) is 36.8 Å². The SMILES string of the molecule is CC(C)C[C@@H](B=O)NC(=O)[C@@H](CC(=O)c1cnc(CSSC[C@H](NC(=O)[C@H](CC(=O)O)CC(=O)[C@H](CCCN=C(N)N)NC(=O)[C@H](C)CC(=O)CC[C@H](NC(=O)c2ccc(NCc3cnc4nc(N)[nH]c(=O)c4n3)cc2)C(=O)O)C(=O)O)cn1)Cc1ccccc1. The van der Waals surface area contributed by atoms with Crippen LogP contribution in [-0.2, 0) is 61.8 Å². The van der Waals surface area contributed by atoms with Crippen LogP contribution < -0.4 is 49.3 Å². The summed E-state index contributed by atoms with van der Waals surface area (Å²) in [4.78, 5) is 170. The Morgan fingerprint density at radius 1 is 0.714 bits per heavy atom. The van der Waals surface area contributed by atoms with E-state index in [4.69, 9.17) is 17.2 Å².